The lowest BCUT2D eigenvalue weighted by Crippen LogP contribution is -2.03. The predicted octanol–water partition coefficient (Wildman–Crippen LogP) is 1.75. The minimum atomic E-state index is -0.607. The molecule has 0 bridgehead atoms. The maximum absolute atomic E-state index is 13.3. The van der Waals surface area contributed by atoms with Crippen molar-refractivity contribution in [3.05, 3.63) is 29.1 Å². The van der Waals surface area contributed by atoms with Gasteiger partial charge in [-0.1, -0.05) is 0 Å². The zero-order chi connectivity index (χ0) is 11.5. The van der Waals surface area contributed by atoms with Gasteiger partial charge in [0.1, 0.15) is 0 Å². The summed E-state index contributed by atoms with van der Waals surface area (Å²) in [7, 11) is 1.37. The quantitative estimate of drug-likeness (QED) is 0.766. The number of halogens is 1. The Morgan fingerprint density at radius 2 is 2.12 bits per heavy atom. The van der Waals surface area contributed by atoms with E-state index in [1.54, 1.807) is 0 Å². The molecule has 0 atom stereocenters. The number of nitriles is 1. The smallest absolute Gasteiger partial charge is 0.185 e. The van der Waals surface area contributed by atoms with E-state index < -0.39 is 12.1 Å². The van der Waals surface area contributed by atoms with E-state index in [4.69, 9.17) is 19.5 Å². The highest BCUT2D eigenvalue weighted by atomic mass is 19.1. The molecule has 0 amide bonds. The standard InChI is InChI=1S/C11H10FNO3/c1-14-10-5-8(11-15-2-3-16-11)7(6-13)4-9(10)12/h4-5,11H,2-3H2,1H3. The molecule has 0 aliphatic carbocycles. The third-order valence-corrected chi connectivity index (χ3v) is 2.32. The molecule has 0 N–H and O–H groups in total. The molecule has 1 fully saturated rings. The van der Waals surface area contributed by atoms with Crippen LogP contribution in [-0.2, 0) is 9.47 Å². The van der Waals surface area contributed by atoms with E-state index in [2.05, 4.69) is 0 Å². The first kappa shape index (κ1) is 10.9. The largest absolute Gasteiger partial charge is 0.494 e. The van der Waals surface area contributed by atoms with E-state index in [0.29, 0.717) is 18.8 Å². The highest BCUT2D eigenvalue weighted by Gasteiger charge is 2.23. The Hall–Kier alpha value is -1.64. The van der Waals surface area contributed by atoms with Crippen molar-refractivity contribution in [2.75, 3.05) is 20.3 Å². The second-order valence-electron chi connectivity index (χ2n) is 3.26. The van der Waals surface area contributed by atoms with Gasteiger partial charge < -0.3 is 14.2 Å². The van der Waals surface area contributed by atoms with Gasteiger partial charge in [0.15, 0.2) is 17.9 Å². The van der Waals surface area contributed by atoms with Crippen molar-refractivity contribution in [3.8, 4) is 11.8 Å². The summed E-state index contributed by atoms with van der Waals surface area (Å²) in [5, 5.41) is 8.90. The van der Waals surface area contributed by atoms with Crippen LogP contribution in [0.1, 0.15) is 17.4 Å². The van der Waals surface area contributed by atoms with E-state index in [1.807, 2.05) is 6.07 Å². The molecule has 5 heteroatoms. The molecular formula is C11H10FNO3. The molecule has 0 radical (unpaired) electrons. The Morgan fingerprint density at radius 3 is 2.69 bits per heavy atom. The monoisotopic (exact) mass is 223 g/mol. The number of nitrogens with zero attached hydrogens (tertiary/aromatic N) is 1. The molecule has 84 valence electrons. The van der Waals surface area contributed by atoms with Crippen molar-refractivity contribution < 1.29 is 18.6 Å². The summed E-state index contributed by atoms with van der Waals surface area (Å²) in [5.74, 6) is -0.492. The van der Waals surface area contributed by atoms with Gasteiger partial charge in [-0.2, -0.15) is 5.26 Å². The van der Waals surface area contributed by atoms with Crippen LogP contribution in [0.5, 0.6) is 5.75 Å². The molecule has 0 unspecified atom stereocenters. The van der Waals surface area contributed by atoms with E-state index >= 15 is 0 Å². The topological polar surface area (TPSA) is 51.5 Å². The Labute approximate surface area is 92.1 Å². The van der Waals surface area contributed by atoms with Gasteiger partial charge in [0.05, 0.1) is 32.0 Å². The van der Waals surface area contributed by atoms with Crippen molar-refractivity contribution in [2.45, 2.75) is 6.29 Å². The SMILES string of the molecule is COc1cc(C2OCCO2)c(C#N)cc1F. The third kappa shape index (κ3) is 1.85. The van der Waals surface area contributed by atoms with Gasteiger partial charge in [-0.3, -0.25) is 0 Å². The van der Waals surface area contributed by atoms with Crippen LogP contribution < -0.4 is 4.74 Å². The first-order valence-corrected chi connectivity index (χ1v) is 4.77. The summed E-state index contributed by atoms with van der Waals surface area (Å²) in [4.78, 5) is 0. The fourth-order valence-corrected chi connectivity index (χ4v) is 1.56. The average Bonchev–Trinajstić information content (AvgIpc) is 2.82. The molecule has 0 aromatic heterocycles. The van der Waals surface area contributed by atoms with Gasteiger partial charge >= 0.3 is 0 Å². The van der Waals surface area contributed by atoms with Crippen LogP contribution in [0.4, 0.5) is 4.39 Å². The van der Waals surface area contributed by atoms with E-state index in [9.17, 15) is 4.39 Å². The zero-order valence-electron chi connectivity index (χ0n) is 8.70. The Balaban J connectivity index is 2.45. The molecule has 1 saturated heterocycles. The number of hydrogen-bond acceptors (Lipinski definition) is 4. The summed E-state index contributed by atoms with van der Waals surface area (Å²) in [6.07, 6.45) is -0.607. The third-order valence-electron chi connectivity index (χ3n) is 2.32. The van der Waals surface area contributed by atoms with Crippen LogP contribution in [-0.4, -0.2) is 20.3 Å². The maximum atomic E-state index is 13.3. The number of hydrogen-bond donors (Lipinski definition) is 0. The lowest BCUT2D eigenvalue weighted by atomic mass is 10.1. The van der Waals surface area contributed by atoms with Crippen LogP contribution in [0.15, 0.2) is 12.1 Å². The fourth-order valence-electron chi connectivity index (χ4n) is 1.56. The summed E-state index contributed by atoms with van der Waals surface area (Å²) in [6, 6.07) is 4.47. The van der Waals surface area contributed by atoms with Gasteiger partial charge in [0.25, 0.3) is 0 Å². The second kappa shape index (κ2) is 4.47. The van der Waals surface area contributed by atoms with Crippen molar-refractivity contribution in [1.29, 1.82) is 5.26 Å². The summed E-state index contributed by atoms with van der Waals surface area (Å²) < 4.78 is 28.7. The molecule has 4 nitrogen and oxygen atoms in total. The van der Waals surface area contributed by atoms with Crippen LogP contribution in [0.2, 0.25) is 0 Å². The maximum Gasteiger partial charge on any atom is 0.185 e. The normalized spacial score (nSPS) is 16.1. The minimum absolute atomic E-state index is 0.0769. The van der Waals surface area contributed by atoms with E-state index in [0.717, 1.165) is 6.07 Å². The average molecular weight is 223 g/mol. The van der Waals surface area contributed by atoms with Crippen molar-refractivity contribution in [3.63, 3.8) is 0 Å². The van der Waals surface area contributed by atoms with Gasteiger partial charge in [0, 0.05) is 5.56 Å². The molecule has 1 aliphatic rings. The second-order valence-corrected chi connectivity index (χ2v) is 3.26. The molecule has 2 rings (SSSR count). The summed E-state index contributed by atoms with van der Waals surface area (Å²) in [5.41, 5.74) is 0.698. The van der Waals surface area contributed by atoms with E-state index in [-0.39, 0.29) is 11.3 Å². The highest BCUT2D eigenvalue weighted by Crippen LogP contribution is 2.30. The lowest BCUT2D eigenvalue weighted by molar-refractivity contribution is -0.0444. The Kier molecular flexibility index (Phi) is 3.04. The van der Waals surface area contributed by atoms with Crippen LogP contribution in [0.3, 0.4) is 0 Å². The van der Waals surface area contributed by atoms with Gasteiger partial charge in [-0.05, 0) is 12.1 Å². The summed E-state index contributed by atoms with van der Waals surface area (Å²) >= 11 is 0. The highest BCUT2D eigenvalue weighted by molar-refractivity contribution is 5.44. The molecule has 0 spiro atoms. The molecule has 0 saturated carbocycles. The summed E-state index contributed by atoms with van der Waals surface area (Å²) in [6.45, 7) is 0.935. The molecule has 1 aliphatic heterocycles. The van der Waals surface area contributed by atoms with E-state index in [1.165, 1.54) is 13.2 Å². The van der Waals surface area contributed by atoms with Gasteiger partial charge in [-0.15, -0.1) is 0 Å². The number of methoxy groups -OCH3 is 1. The van der Waals surface area contributed by atoms with Crippen LogP contribution in [0.25, 0.3) is 0 Å². The molecular weight excluding hydrogens is 213 g/mol. The first-order chi connectivity index (χ1) is 7.76. The molecule has 1 aromatic rings. The zero-order valence-corrected chi connectivity index (χ0v) is 8.70. The van der Waals surface area contributed by atoms with Crippen LogP contribution in [0, 0.1) is 17.1 Å². The Morgan fingerprint density at radius 1 is 1.44 bits per heavy atom. The molecule has 1 aromatic carbocycles. The van der Waals surface area contributed by atoms with Crippen molar-refractivity contribution in [2.24, 2.45) is 0 Å². The molecule has 1 heterocycles. The number of ether oxygens (including phenoxy) is 3. The van der Waals surface area contributed by atoms with Crippen molar-refractivity contribution in [1.82, 2.24) is 0 Å². The van der Waals surface area contributed by atoms with Gasteiger partial charge in [0.2, 0.25) is 0 Å². The number of benzene rings is 1. The minimum Gasteiger partial charge on any atom is -0.494 e. The molecule has 16 heavy (non-hydrogen) atoms. The predicted molar refractivity (Wildman–Crippen MR) is 52.3 cm³/mol. The number of rotatable bonds is 2. The fraction of sp³-hybridized carbons (Fsp3) is 0.364. The van der Waals surface area contributed by atoms with Crippen molar-refractivity contribution >= 4 is 0 Å². The van der Waals surface area contributed by atoms with Gasteiger partial charge in [-0.25, -0.2) is 4.39 Å². The lowest BCUT2D eigenvalue weighted by Gasteiger charge is -2.12. The first-order valence-electron chi connectivity index (χ1n) is 4.77. The van der Waals surface area contributed by atoms with Crippen LogP contribution >= 0.6 is 0 Å². The Bertz CT molecular complexity index is 436.